The molecule has 98 valence electrons. The lowest BCUT2D eigenvalue weighted by Gasteiger charge is -2.26. The average molecular weight is 239 g/mol. The number of nitrogens with one attached hydrogen (secondary N) is 1. The van der Waals surface area contributed by atoms with Crippen LogP contribution in [0.4, 0.5) is 0 Å². The molecule has 0 aromatic rings. The average Bonchev–Trinajstić information content (AvgIpc) is 2.69. The molecule has 0 aromatic carbocycles. The normalized spacial score (nSPS) is 40.6. The molecule has 0 saturated heterocycles. The molecular formula is C14H25NO2. The second-order valence-corrected chi connectivity index (χ2v) is 6.32. The highest BCUT2D eigenvalue weighted by atomic mass is 16.3. The summed E-state index contributed by atoms with van der Waals surface area (Å²) in [7, 11) is 0. The third-order valence-electron chi connectivity index (χ3n) is 4.53. The SMILES string of the molecule is CC(=O)N[C@H]1C2CCC(O)C2C[C@@H]1CC(C)C. The first-order valence-corrected chi connectivity index (χ1v) is 6.94. The number of hydrogen-bond donors (Lipinski definition) is 2. The van der Waals surface area contributed by atoms with Crippen molar-refractivity contribution < 1.29 is 9.90 Å². The third kappa shape index (κ3) is 2.65. The van der Waals surface area contributed by atoms with Crippen molar-refractivity contribution >= 4 is 5.91 Å². The highest BCUT2D eigenvalue weighted by Crippen LogP contribution is 2.48. The summed E-state index contributed by atoms with van der Waals surface area (Å²) in [6.07, 6.45) is 4.11. The standard InChI is InChI=1S/C14H25NO2/c1-8(2)6-10-7-12-11(4-5-13(12)17)14(10)15-9(3)16/h8,10-14,17H,4-7H2,1-3H3,(H,15,16)/t10-,11?,12?,13?,14+/m0/s1. The van der Waals surface area contributed by atoms with Gasteiger partial charge in [0.05, 0.1) is 6.10 Å². The van der Waals surface area contributed by atoms with Crippen LogP contribution in [0.3, 0.4) is 0 Å². The molecule has 0 bridgehead atoms. The van der Waals surface area contributed by atoms with E-state index in [1.807, 2.05) is 0 Å². The van der Waals surface area contributed by atoms with Crippen LogP contribution in [0.5, 0.6) is 0 Å². The smallest absolute Gasteiger partial charge is 0.217 e. The Morgan fingerprint density at radius 3 is 2.65 bits per heavy atom. The summed E-state index contributed by atoms with van der Waals surface area (Å²) in [4.78, 5) is 11.3. The number of carbonyl (C=O) groups excluding carboxylic acids is 1. The first kappa shape index (κ1) is 12.9. The lowest BCUT2D eigenvalue weighted by Crippen LogP contribution is -2.41. The second kappa shape index (κ2) is 4.97. The highest BCUT2D eigenvalue weighted by molar-refractivity contribution is 5.73. The quantitative estimate of drug-likeness (QED) is 0.791. The molecule has 0 spiro atoms. The second-order valence-electron chi connectivity index (χ2n) is 6.32. The molecule has 0 aliphatic heterocycles. The molecule has 0 heterocycles. The van der Waals surface area contributed by atoms with Gasteiger partial charge in [0.1, 0.15) is 0 Å². The van der Waals surface area contributed by atoms with Gasteiger partial charge in [0.2, 0.25) is 5.91 Å². The topological polar surface area (TPSA) is 49.3 Å². The van der Waals surface area contributed by atoms with E-state index < -0.39 is 0 Å². The van der Waals surface area contributed by atoms with Crippen molar-refractivity contribution in [2.75, 3.05) is 0 Å². The molecule has 0 aromatic heterocycles. The minimum atomic E-state index is -0.131. The Hall–Kier alpha value is -0.570. The molecule has 0 radical (unpaired) electrons. The number of carbonyl (C=O) groups is 1. The largest absolute Gasteiger partial charge is 0.393 e. The van der Waals surface area contributed by atoms with Gasteiger partial charge in [0.15, 0.2) is 0 Å². The number of aliphatic hydroxyl groups excluding tert-OH is 1. The molecular weight excluding hydrogens is 214 g/mol. The van der Waals surface area contributed by atoms with Gasteiger partial charge in [-0.25, -0.2) is 0 Å². The van der Waals surface area contributed by atoms with Gasteiger partial charge < -0.3 is 10.4 Å². The van der Waals surface area contributed by atoms with E-state index in [0.717, 1.165) is 25.7 Å². The van der Waals surface area contributed by atoms with Crippen molar-refractivity contribution in [3.63, 3.8) is 0 Å². The Balaban J connectivity index is 2.08. The summed E-state index contributed by atoms with van der Waals surface area (Å²) in [6.45, 7) is 6.07. The zero-order chi connectivity index (χ0) is 12.6. The molecule has 17 heavy (non-hydrogen) atoms. The van der Waals surface area contributed by atoms with Crippen molar-refractivity contribution in [3.8, 4) is 0 Å². The molecule has 2 saturated carbocycles. The van der Waals surface area contributed by atoms with Gasteiger partial charge in [-0.15, -0.1) is 0 Å². The maximum Gasteiger partial charge on any atom is 0.217 e. The van der Waals surface area contributed by atoms with Crippen LogP contribution in [0.1, 0.15) is 46.5 Å². The fourth-order valence-corrected chi connectivity index (χ4v) is 4.01. The molecule has 2 fully saturated rings. The monoisotopic (exact) mass is 239 g/mol. The molecule has 2 aliphatic rings. The molecule has 1 amide bonds. The summed E-state index contributed by atoms with van der Waals surface area (Å²) in [5.41, 5.74) is 0. The van der Waals surface area contributed by atoms with Crippen LogP contribution in [0, 0.1) is 23.7 Å². The minimum Gasteiger partial charge on any atom is -0.393 e. The molecule has 2 N–H and O–H groups in total. The fraction of sp³-hybridized carbons (Fsp3) is 0.929. The third-order valence-corrected chi connectivity index (χ3v) is 4.53. The fourth-order valence-electron chi connectivity index (χ4n) is 4.01. The molecule has 3 unspecified atom stereocenters. The van der Waals surface area contributed by atoms with Crippen LogP contribution in [-0.4, -0.2) is 23.2 Å². The Morgan fingerprint density at radius 1 is 1.35 bits per heavy atom. The van der Waals surface area contributed by atoms with Crippen molar-refractivity contribution in [2.45, 2.75) is 58.6 Å². The Kier molecular flexibility index (Phi) is 3.76. The highest BCUT2D eigenvalue weighted by Gasteiger charge is 2.49. The first-order chi connectivity index (χ1) is 7.99. The number of amides is 1. The van der Waals surface area contributed by atoms with Crippen LogP contribution < -0.4 is 5.32 Å². The van der Waals surface area contributed by atoms with Crippen LogP contribution >= 0.6 is 0 Å². The number of hydrogen-bond acceptors (Lipinski definition) is 2. The van der Waals surface area contributed by atoms with E-state index in [1.165, 1.54) is 0 Å². The Labute approximate surface area is 104 Å². The van der Waals surface area contributed by atoms with Gasteiger partial charge in [-0.2, -0.15) is 0 Å². The van der Waals surface area contributed by atoms with Gasteiger partial charge in [-0.05, 0) is 49.4 Å². The van der Waals surface area contributed by atoms with Crippen molar-refractivity contribution in [1.29, 1.82) is 0 Å². The lowest BCUT2D eigenvalue weighted by molar-refractivity contribution is -0.120. The van der Waals surface area contributed by atoms with Gasteiger partial charge in [-0.3, -0.25) is 4.79 Å². The van der Waals surface area contributed by atoms with E-state index in [9.17, 15) is 9.90 Å². The molecule has 2 aliphatic carbocycles. The van der Waals surface area contributed by atoms with Crippen LogP contribution in [0.25, 0.3) is 0 Å². The van der Waals surface area contributed by atoms with Crippen molar-refractivity contribution in [2.24, 2.45) is 23.7 Å². The summed E-state index contributed by atoms with van der Waals surface area (Å²) >= 11 is 0. The number of aliphatic hydroxyl groups is 1. The molecule has 3 heteroatoms. The van der Waals surface area contributed by atoms with E-state index >= 15 is 0 Å². The van der Waals surface area contributed by atoms with E-state index in [2.05, 4.69) is 19.2 Å². The predicted octanol–water partition coefficient (Wildman–Crippen LogP) is 1.94. The zero-order valence-electron chi connectivity index (χ0n) is 11.1. The summed E-state index contributed by atoms with van der Waals surface area (Å²) in [5.74, 6) is 2.23. The number of fused-ring (bicyclic) bond motifs is 1. The Bertz CT molecular complexity index is 290. The molecule has 2 rings (SSSR count). The van der Waals surface area contributed by atoms with E-state index in [-0.39, 0.29) is 12.0 Å². The zero-order valence-corrected chi connectivity index (χ0v) is 11.1. The van der Waals surface area contributed by atoms with E-state index in [4.69, 9.17) is 0 Å². The Morgan fingerprint density at radius 2 is 2.06 bits per heavy atom. The van der Waals surface area contributed by atoms with Crippen LogP contribution in [0.15, 0.2) is 0 Å². The van der Waals surface area contributed by atoms with E-state index in [1.54, 1.807) is 6.92 Å². The maximum atomic E-state index is 11.3. The summed E-state index contributed by atoms with van der Waals surface area (Å²) in [6, 6.07) is 0.303. The van der Waals surface area contributed by atoms with Crippen molar-refractivity contribution in [3.05, 3.63) is 0 Å². The van der Waals surface area contributed by atoms with Crippen molar-refractivity contribution in [1.82, 2.24) is 5.32 Å². The van der Waals surface area contributed by atoms with Crippen LogP contribution in [-0.2, 0) is 4.79 Å². The predicted molar refractivity (Wildman–Crippen MR) is 67.4 cm³/mol. The first-order valence-electron chi connectivity index (χ1n) is 6.94. The van der Waals surface area contributed by atoms with Gasteiger partial charge in [-0.1, -0.05) is 13.8 Å². The maximum absolute atomic E-state index is 11.3. The van der Waals surface area contributed by atoms with Crippen LogP contribution in [0.2, 0.25) is 0 Å². The summed E-state index contributed by atoms with van der Waals surface area (Å²) in [5, 5.41) is 13.1. The van der Waals surface area contributed by atoms with E-state index in [0.29, 0.717) is 29.7 Å². The molecule has 3 nitrogen and oxygen atoms in total. The minimum absolute atomic E-state index is 0.0748. The van der Waals surface area contributed by atoms with Gasteiger partial charge in [0, 0.05) is 13.0 Å². The molecule has 5 atom stereocenters. The van der Waals surface area contributed by atoms with Gasteiger partial charge in [0.25, 0.3) is 0 Å². The lowest BCUT2D eigenvalue weighted by atomic mass is 9.89. The van der Waals surface area contributed by atoms with Gasteiger partial charge >= 0.3 is 0 Å². The summed E-state index contributed by atoms with van der Waals surface area (Å²) < 4.78 is 0. The number of rotatable bonds is 3.